The van der Waals surface area contributed by atoms with Crippen LogP contribution < -0.4 is 14.4 Å². The molecule has 0 saturated carbocycles. The molecule has 204 valence electrons. The fourth-order valence-electron chi connectivity index (χ4n) is 4.39. The van der Waals surface area contributed by atoms with Gasteiger partial charge in [0.25, 0.3) is 5.91 Å². The second kappa shape index (κ2) is 10.9. The van der Waals surface area contributed by atoms with Crippen LogP contribution in [0, 0.1) is 0 Å². The summed E-state index contributed by atoms with van der Waals surface area (Å²) in [7, 11) is -0.407. The largest absolute Gasteiger partial charge is 0.480 e. The maximum atomic E-state index is 13.2. The third-order valence-electron chi connectivity index (χ3n) is 6.31. The normalized spacial score (nSPS) is 12.2. The van der Waals surface area contributed by atoms with Crippen LogP contribution in [0.4, 0.5) is 5.69 Å². The van der Waals surface area contributed by atoms with Crippen LogP contribution in [0.15, 0.2) is 83.8 Å². The Morgan fingerprint density at radius 2 is 1.65 bits per heavy atom. The van der Waals surface area contributed by atoms with E-state index in [9.17, 15) is 23.1 Å². The van der Waals surface area contributed by atoms with Crippen LogP contribution in [-0.2, 0) is 21.3 Å². The summed E-state index contributed by atoms with van der Waals surface area (Å²) in [5, 5.41) is 13.6. The maximum Gasteiger partial charge on any atom is 0.339 e. The first-order chi connectivity index (χ1) is 19.1. The number of aliphatic carboxylic acids is 1. The molecule has 5 aromatic rings. The van der Waals surface area contributed by atoms with E-state index in [-0.39, 0.29) is 22.6 Å². The second-order valence-corrected chi connectivity index (χ2v) is 11.3. The van der Waals surface area contributed by atoms with Crippen molar-refractivity contribution in [1.29, 1.82) is 0 Å². The van der Waals surface area contributed by atoms with Gasteiger partial charge in [-0.1, -0.05) is 42.5 Å². The van der Waals surface area contributed by atoms with Gasteiger partial charge in [-0.3, -0.25) is 4.79 Å². The third-order valence-corrected chi connectivity index (χ3v) is 8.16. The predicted molar refractivity (Wildman–Crippen MR) is 153 cm³/mol. The van der Waals surface area contributed by atoms with Crippen molar-refractivity contribution in [3.63, 3.8) is 0 Å². The lowest BCUT2D eigenvalue weighted by Gasteiger charge is -2.17. The van der Waals surface area contributed by atoms with E-state index in [1.165, 1.54) is 18.2 Å². The highest BCUT2D eigenvalue weighted by Gasteiger charge is 2.24. The molecule has 0 unspecified atom stereocenters. The topological polar surface area (TPSA) is 139 Å². The van der Waals surface area contributed by atoms with Crippen LogP contribution in [0.3, 0.4) is 0 Å². The molecule has 0 radical (unpaired) electrons. The summed E-state index contributed by atoms with van der Waals surface area (Å²) < 4.78 is 40.1. The number of carbonyl (C=O) groups excluding carboxylic acids is 1. The van der Waals surface area contributed by atoms with E-state index < -0.39 is 28.0 Å². The highest BCUT2D eigenvalue weighted by Crippen LogP contribution is 2.31. The van der Waals surface area contributed by atoms with Crippen LogP contribution in [-0.4, -0.2) is 54.3 Å². The fourth-order valence-corrected chi connectivity index (χ4v) is 6.08. The van der Waals surface area contributed by atoms with E-state index in [0.29, 0.717) is 22.0 Å². The van der Waals surface area contributed by atoms with Gasteiger partial charge < -0.3 is 19.5 Å². The van der Waals surface area contributed by atoms with Crippen LogP contribution in [0.25, 0.3) is 21.8 Å². The Labute approximate surface area is 234 Å². The summed E-state index contributed by atoms with van der Waals surface area (Å²) in [6.07, 6.45) is -0.0317. The second-order valence-electron chi connectivity index (χ2n) is 9.21. The van der Waals surface area contributed by atoms with Crippen molar-refractivity contribution in [2.45, 2.75) is 17.4 Å². The Kier molecular flexibility index (Phi) is 7.37. The van der Waals surface area contributed by atoms with Crippen molar-refractivity contribution >= 4 is 61.2 Å². The zero-order valence-electron chi connectivity index (χ0n) is 21.4. The SMILES string of the molecule is CN(C)c1cccc2c(S(=O)(=O)Oc3ccc(C[C@H](NC(=O)c4cccc5nsnc45)C(=O)O)cc3)cccc12. The summed E-state index contributed by atoms with van der Waals surface area (Å²) in [4.78, 5) is 26.7. The summed E-state index contributed by atoms with van der Waals surface area (Å²) in [5.41, 5.74) is 2.63. The van der Waals surface area contributed by atoms with Crippen LogP contribution in [0.1, 0.15) is 15.9 Å². The van der Waals surface area contributed by atoms with Crippen LogP contribution in [0.2, 0.25) is 0 Å². The van der Waals surface area contributed by atoms with Crippen molar-refractivity contribution in [2.75, 3.05) is 19.0 Å². The summed E-state index contributed by atoms with van der Waals surface area (Å²) in [5.74, 6) is -1.72. The highest BCUT2D eigenvalue weighted by molar-refractivity contribution is 7.87. The standard InChI is InChI=1S/C28H24N4O6S2/c1-32(2)24-10-4-7-20-19(24)6-5-11-25(20)40(36,37)38-18-14-12-17(13-15-18)16-23(28(34)35)29-27(33)21-8-3-9-22-26(21)31-39-30-22/h3-15,23H,16H2,1-2H3,(H,29,33)(H,34,35)/t23-/m0/s1. The molecule has 0 aliphatic carbocycles. The van der Waals surface area contributed by atoms with Crippen molar-refractivity contribution in [1.82, 2.24) is 14.1 Å². The van der Waals surface area contributed by atoms with Crippen molar-refractivity contribution in [2.24, 2.45) is 0 Å². The molecule has 0 spiro atoms. The minimum absolute atomic E-state index is 0.0317. The minimum atomic E-state index is -4.17. The number of nitrogens with zero attached hydrogens (tertiary/aromatic N) is 3. The van der Waals surface area contributed by atoms with E-state index in [4.69, 9.17) is 4.18 Å². The number of rotatable bonds is 9. The number of anilines is 1. The number of amides is 1. The average Bonchev–Trinajstić information content (AvgIpc) is 3.42. The van der Waals surface area contributed by atoms with Gasteiger partial charge in [-0.05, 0) is 42.0 Å². The van der Waals surface area contributed by atoms with E-state index >= 15 is 0 Å². The Hall–Kier alpha value is -4.55. The molecule has 4 aromatic carbocycles. The Morgan fingerprint density at radius 1 is 0.950 bits per heavy atom. The van der Waals surface area contributed by atoms with Gasteiger partial charge in [0.1, 0.15) is 27.7 Å². The molecular formula is C28H24N4O6S2. The number of hydrogen-bond donors (Lipinski definition) is 2. The first kappa shape index (κ1) is 27.0. The van der Waals surface area contributed by atoms with Gasteiger partial charge in [0.2, 0.25) is 0 Å². The summed E-state index contributed by atoms with van der Waals surface area (Å²) in [6.45, 7) is 0. The number of hydrogen-bond acceptors (Lipinski definition) is 9. The number of fused-ring (bicyclic) bond motifs is 2. The molecule has 5 rings (SSSR count). The van der Waals surface area contributed by atoms with Crippen LogP contribution in [0.5, 0.6) is 5.75 Å². The van der Waals surface area contributed by atoms with Gasteiger partial charge in [-0.25, -0.2) is 4.79 Å². The molecule has 2 N–H and O–H groups in total. The van der Waals surface area contributed by atoms with Gasteiger partial charge in [-0.2, -0.15) is 17.2 Å². The van der Waals surface area contributed by atoms with Crippen LogP contribution >= 0.6 is 11.7 Å². The molecule has 10 nitrogen and oxygen atoms in total. The first-order valence-corrected chi connectivity index (χ1v) is 14.3. The quantitative estimate of drug-likeness (QED) is 0.248. The molecular weight excluding hydrogens is 552 g/mol. The molecule has 40 heavy (non-hydrogen) atoms. The van der Waals surface area contributed by atoms with Crippen molar-refractivity contribution < 1.29 is 27.3 Å². The number of carboxylic acid groups (broad SMARTS) is 1. The highest BCUT2D eigenvalue weighted by atomic mass is 32.2. The molecule has 0 aliphatic heterocycles. The molecule has 0 saturated heterocycles. The molecule has 1 heterocycles. The molecule has 1 atom stereocenters. The zero-order chi connectivity index (χ0) is 28.4. The van der Waals surface area contributed by atoms with E-state index in [1.807, 2.05) is 31.1 Å². The van der Waals surface area contributed by atoms with Gasteiger partial charge in [0.05, 0.1) is 17.3 Å². The predicted octanol–water partition coefficient (Wildman–Crippen LogP) is 4.10. The Morgan fingerprint density at radius 3 is 2.38 bits per heavy atom. The molecule has 12 heteroatoms. The maximum absolute atomic E-state index is 13.2. The Bertz CT molecular complexity index is 1840. The lowest BCUT2D eigenvalue weighted by atomic mass is 10.0. The minimum Gasteiger partial charge on any atom is -0.480 e. The van der Waals surface area contributed by atoms with Crippen molar-refractivity contribution in [3.05, 3.63) is 90.0 Å². The lowest BCUT2D eigenvalue weighted by molar-refractivity contribution is -0.139. The number of carbonyl (C=O) groups is 2. The van der Waals surface area contributed by atoms with E-state index in [0.717, 1.165) is 22.8 Å². The van der Waals surface area contributed by atoms with E-state index in [2.05, 4.69) is 14.1 Å². The van der Waals surface area contributed by atoms with Gasteiger partial charge >= 0.3 is 16.1 Å². The van der Waals surface area contributed by atoms with E-state index in [1.54, 1.807) is 48.5 Å². The number of aromatic nitrogens is 2. The molecule has 0 fully saturated rings. The van der Waals surface area contributed by atoms with Gasteiger partial charge in [0.15, 0.2) is 0 Å². The monoisotopic (exact) mass is 576 g/mol. The van der Waals surface area contributed by atoms with Gasteiger partial charge in [-0.15, -0.1) is 0 Å². The number of benzene rings is 4. The first-order valence-electron chi connectivity index (χ1n) is 12.1. The number of nitrogens with one attached hydrogen (secondary N) is 1. The lowest BCUT2D eigenvalue weighted by Crippen LogP contribution is -2.42. The third kappa shape index (κ3) is 5.44. The Balaban J connectivity index is 1.32. The molecule has 0 bridgehead atoms. The molecule has 0 aliphatic rings. The summed E-state index contributed by atoms with van der Waals surface area (Å²) in [6, 6.07) is 20.2. The smallest absolute Gasteiger partial charge is 0.339 e. The molecule has 1 aromatic heterocycles. The van der Waals surface area contributed by atoms with Gasteiger partial charge in [0, 0.05) is 37.0 Å². The average molecular weight is 577 g/mol. The fraction of sp³-hybridized carbons (Fsp3) is 0.143. The zero-order valence-corrected chi connectivity index (χ0v) is 23.1. The van der Waals surface area contributed by atoms with Crippen molar-refractivity contribution in [3.8, 4) is 5.75 Å². The molecule has 1 amide bonds. The summed E-state index contributed by atoms with van der Waals surface area (Å²) >= 11 is 0.965. The number of carboxylic acids is 1.